The minimum Gasteiger partial charge on any atom is -0.373 e. The molecular weight excluding hydrogens is 166 g/mol. The number of hydrogen-bond donors (Lipinski definition) is 1. The molecule has 0 unspecified atom stereocenters. The first kappa shape index (κ1) is 12.9. The molecule has 2 N–H and O–H groups in total. The Labute approximate surface area is 81.6 Å². The van der Waals surface area contributed by atoms with Gasteiger partial charge in [0.15, 0.2) is 0 Å². The fraction of sp³-hybridized carbons (Fsp3) is 1.00. The van der Waals surface area contributed by atoms with Crippen molar-refractivity contribution in [3.05, 3.63) is 0 Å². The van der Waals surface area contributed by atoms with Crippen LogP contribution in [0.15, 0.2) is 0 Å². The summed E-state index contributed by atoms with van der Waals surface area (Å²) >= 11 is 0. The summed E-state index contributed by atoms with van der Waals surface area (Å²) in [6, 6.07) is 0. The van der Waals surface area contributed by atoms with Gasteiger partial charge in [0.1, 0.15) is 0 Å². The van der Waals surface area contributed by atoms with Crippen molar-refractivity contribution in [3.8, 4) is 0 Å². The molecule has 80 valence electrons. The van der Waals surface area contributed by atoms with Crippen LogP contribution in [0.2, 0.25) is 0 Å². The summed E-state index contributed by atoms with van der Waals surface area (Å²) in [6.07, 6.45) is 0. The minimum atomic E-state index is -0.235. The van der Waals surface area contributed by atoms with Crippen LogP contribution >= 0.6 is 0 Å². The second-order valence-electron chi connectivity index (χ2n) is 4.77. The molecule has 0 aromatic carbocycles. The largest absolute Gasteiger partial charge is 0.373 e. The maximum absolute atomic E-state index is 5.52. The van der Waals surface area contributed by atoms with Crippen LogP contribution in [0.25, 0.3) is 0 Å². The Balaban J connectivity index is 3.47. The van der Waals surface area contributed by atoms with E-state index in [1.54, 1.807) is 0 Å². The van der Waals surface area contributed by atoms with Crippen molar-refractivity contribution in [1.82, 2.24) is 0 Å². The van der Waals surface area contributed by atoms with E-state index >= 15 is 0 Å². The Bertz CT molecular complexity index is 138. The highest BCUT2D eigenvalue weighted by atomic mass is 16.5. The van der Waals surface area contributed by atoms with E-state index in [4.69, 9.17) is 15.2 Å². The average molecular weight is 189 g/mol. The number of nitrogens with two attached hydrogens (primary N) is 1. The SMILES string of the molecule is CC(C)(C)OCCOC(C)(C)CN. The number of ether oxygens (including phenoxy) is 2. The molecule has 0 aromatic rings. The van der Waals surface area contributed by atoms with Crippen LogP contribution in [0.1, 0.15) is 34.6 Å². The molecule has 0 spiro atoms. The zero-order valence-corrected chi connectivity index (χ0v) is 9.52. The lowest BCUT2D eigenvalue weighted by molar-refractivity contribution is -0.0749. The van der Waals surface area contributed by atoms with E-state index in [9.17, 15) is 0 Å². The molecule has 0 saturated heterocycles. The highest BCUT2D eigenvalue weighted by Crippen LogP contribution is 2.09. The van der Waals surface area contributed by atoms with Gasteiger partial charge in [-0.15, -0.1) is 0 Å². The molecule has 0 radical (unpaired) electrons. The van der Waals surface area contributed by atoms with Crippen LogP contribution in [0.3, 0.4) is 0 Å². The smallest absolute Gasteiger partial charge is 0.0749 e. The monoisotopic (exact) mass is 189 g/mol. The van der Waals surface area contributed by atoms with Crippen molar-refractivity contribution >= 4 is 0 Å². The van der Waals surface area contributed by atoms with Crippen LogP contribution in [0, 0.1) is 0 Å². The van der Waals surface area contributed by atoms with Gasteiger partial charge in [-0.05, 0) is 34.6 Å². The van der Waals surface area contributed by atoms with Crippen molar-refractivity contribution in [2.24, 2.45) is 5.73 Å². The minimum absolute atomic E-state index is 0.0871. The molecular formula is C10H23NO2. The Morgan fingerprint density at radius 1 is 0.923 bits per heavy atom. The van der Waals surface area contributed by atoms with E-state index in [1.807, 2.05) is 34.6 Å². The lowest BCUT2D eigenvalue weighted by atomic mass is 10.1. The van der Waals surface area contributed by atoms with Crippen molar-refractivity contribution in [2.45, 2.75) is 45.8 Å². The molecule has 3 heteroatoms. The van der Waals surface area contributed by atoms with Crippen molar-refractivity contribution in [1.29, 1.82) is 0 Å². The van der Waals surface area contributed by atoms with Crippen LogP contribution in [0.5, 0.6) is 0 Å². The van der Waals surface area contributed by atoms with E-state index in [0.29, 0.717) is 19.8 Å². The summed E-state index contributed by atoms with van der Waals surface area (Å²) < 4.78 is 11.0. The van der Waals surface area contributed by atoms with E-state index in [2.05, 4.69) is 0 Å². The van der Waals surface area contributed by atoms with Gasteiger partial charge in [-0.1, -0.05) is 0 Å². The van der Waals surface area contributed by atoms with Gasteiger partial charge in [0.25, 0.3) is 0 Å². The second-order valence-corrected chi connectivity index (χ2v) is 4.77. The molecule has 0 fully saturated rings. The Kier molecular flexibility index (Phi) is 4.89. The summed E-state index contributed by atoms with van der Waals surface area (Å²) in [5, 5.41) is 0. The number of hydrogen-bond acceptors (Lipinski definition) is 3. The van der Waals surface area contributed by atoms with Crippen LogP contribution in [0.4, 0.5) is 0 Å². The topological polar surface area (TPSA) is 44.5 Å². The summed E-state index contributed by atoms with van der Waals surface area (Å²) in [5.41, 5.74) is 5.19. The molecule has 0 aromatic heterocycles. The third-order valence-corrected chi connectivity index (χ3v) is 1.60. The van der Waals surface area contributed by atoms with Gasteiger partial charge in [-0.3, -0.25) is 0 Å². The lowest BCUT2D eigenvalue weighted by Crippen LogP contribution is -2.35. The molecule has 0 bridgehead atoms. The van der Waals surface area contributed by atoms with E-state index in [-0.39, 0.29) is 11.2 Å². The standard InChI is InChI=1S/C10H23NO2/c1-9(2,3)12-6-7-13-10(4,5)8-11/h6-8,11H2,1-5H3. The molecule has 0 rings (SSSR count). The maximum Gasteiger partial charge on any atom is 0.0749 e. The Morgan fingerprint density at radius 3 is 1.77 bits per heavy atom. The molecule has 0 heterocycles. The van der Waals surface area contributed by atoms with Gasteiger partial charge in [0, 0.05) is 6.54 Å². The summed E-state index contributed by atoms with van der Waals surface area (Å²) in [6.45, 7) is 11.8. The first-order chi connectivity index (χ1) is 5.77. The lowest BCUT2D eigenvalue weighted by Gasteiger charge is -2.25. The fourth-order valence-electron chi connectivity index (χ4n) is 0.725. The zero-order valence-electron chi connectivity index (χ0n) is 9.52. The predicted molar refractivity (Wildman–Crippen MR) is 54.8 cm³/mol. The van der Waals surface area contributed by atoms with E-state index in [0.717, 1.165) is 0 Å². The molecule has 13 heavy (non-hydrogen) atoms. The molecule has 0 aliphatic carbocycles. The highest BCUT2D eigenvalue weighted by molar-refractivity contribution is 4.68. The van der Waals surface area contributed by atoms with Gasteiger partial charge in [0.2, 0.25) is 0 Å². The summed E-state index contributed by atoms with van der Waals surface area (Å²) in [4.78, 5) is 0. The second kappa shape index (κ2) is 4.94. The van der Waals surface area contributed by atoms with Crippen LogP contribution in [-0.4, -0.2) is 31.0 Å². The zero-order chi connectivity index (χ0) is 10.5. The van der Waals surface area contributed by atoms with E-state index < -0.39 is 0 Å². The summed E-state index contributed by atoms with van der Waals surface area (Å²) in [5.74, 6) is 0. The highest BCUT2D eigenvalue weighted by Gasteiger charge is 2.16. The first-order valence-electron chi connectivity index (χ1n) is 4.75. The van der Waals surface area contributed by atoms with Crippen molar-refractivity contribution in [2.75, 3.05) is 19.8 Å². The van der Waals surface area contributed by atoms with Crippen molar-refractivity contribution < 1.29 is 9.47 Å². The fourth-order valence-corrected chi connectivity index (χ4v) is 0.725. The molecule has 0 aliphatic rings. The third-order valence-electron chi connectivity index (χ3n) is 1.60. The first-order valence-corrected chi connectivity index (χ1v) is 4.75. The molecule has 3 nitrogen and oxygen atoms in total. The van der Waals surface area contributed by atoms with Gasteiger partial charge < -0.3 is 15.2 Å². The van der Waals surface area contributed by atoms with Gasteiger partial charge in [-0.25, -0.2) is 0 Å². The van der Waals surface area contributed by atoms with Crippen molar-refractivity contribution in [3.63, 3.8) is 0 Å². The Hall–Kier alpha value is -0.120. The third kappa shape index (κ3) is 8.22. The quantitative estimate of drug-likeness (QED) is 0.667. The average Bonchev–Trinajstić information content (AvgIpc) is 1.97. The normalized spacial score (nSPS) is 13.4. The van der Waals surface area contributed by atoms with Gasteiger partial charge >= 0.3 is 0 Å². The Morgan fingerprint density at radius 2 is 1.38 bits per heavy atom. The van der Waals surface area contributed by atoms with Crippen LogP contribution < -0.4 is 5.73 Å². The molecule has 0 saturated carbocycles. The van der Waals surface area contributed by atoms with E-state index in [1.165, 1.54) is 0 Å². The maximum atomic E-state index is 5.52. The van der Waals surface area contributed by atoms with Gasteiger partial charge in [0.05, 0.1) is 24.4 Å². The predicted octanol–water partition coefficient (Wildman–Crippen LogP) is 1.56. The molecule has 0 aliphatic heterocycles. The molecule has 0 atom stereocenters. The molecule has 0 amide bonds. The number of rotatable bonds is 5. The van der Waals surface area contributed by atoms with Gasteiger partial charge in [-0.2, -0.15) is 0 Å². The summed E-state index contributed by atoms with van der Waals surface area (Å²) in [7, 11) is 0. The van der Waals surface area contributed by atoms with Crippen LogP contribution in [-0.2, 0) is 9.47 Å².